The van der Waals surface area contributed by atoms with Crippen LogP contribution in [0.5, 0.6) is 0 Å². The molecule has 1 aromatic rings. The molecule has 0 spiro atoms. The molecule has 1 aromatic heterocycles. The molecule has 8 nitrogen and oxygen atoms in total. The van der Waals surface area contributed by atoms with E-state index in [9.17, 15) is 19.2 Å². The molecule has 1 N–H and O–H groups in total. The first-order valence-electron chi connectivity index (χ1n) is 7.82. The lowest BCUT2D eigenvalue weighted by atomic mass is 10.2. The van der Waals surface area contributed by atoms with Crippen LogP contribution in [0.3, 0.4) is 0 Å². The van der Waals surface area contributed by atoms with E-state index in [1.165, 1.54) is 11.6 Å². The van der Waals surface area contributed by atoms with Crippen LogP contribution in [-0.4, -0.2) is 32.5 Å². The molecule has 0 unspecified atom stereocenters. The number of ether oxygens (including phenoxy) is 1. The van der Waals surface area contributed by atoms with Gasteiger partial charge in [0.05, 0.1) is 5.88 Å². The number of aromatic nitrogens is 2. The highest BCUT2D eigenvalue weighted by molar-refractivity contribution is 6.31. The highest BCUT2D eigenvalue weighted by atomic mass is 35.5. The molecular weight excluding hydrogens is 350 g/mol. The van der Waals surface area contributed by atoms with Gasteiger partial charge in [-0.2, -0.15) is 0 Å². The zero-order chi connectivity index (χ0) is 19.5. The molecule has 0 aliphatic rings. The van der Waals surface area contributed by atoms with Gasteiger partial charge in [0.1, 0.15) is 17.0 Å². The third kappa shape index (κ3) is 5.19. The van der Waals surface area contributed by atoms with E-state index in [-0.39, 0.29) is 23.8 Å². The lowest BCUT2D eigenvalue weighted by molar-refractivity contribution is 0.0634. The SMILES string of the molecule is CC(C)Cn1c(NC(=O)OC(C)(C)C)c(C(=O)CCl)c(=O)n(C)c1=O. The third-order valence-electron chi connectivity index (χ3n) is 3.11. The average molecular weight is 374 g/mol. The van der Waals surface area contributed by atoms with Crippen LogP contribution in [0, 0.1) is 5.92 Å². The number of halogens is 1. The Labute approximate surface area is 150 Å². The Morgan fingerprint density at radius 2 is 1.80 bits per heavy atom. The minimum atomic E-state index is -0.874. The van der Waals surface area contributed by atoms with E-state index in [2.05, 4.69) is 5.32 Å². The minimum Gasteiger partial charge on any atom is -0.444 e. The number of alkyl halides is 1. The van der Waals surface area contributed by atoms with E-state index in [4.69, 9.17) is 16.3 Å². The molecule has 0 fully saturated rings. The summed E-state index contributed by atoms with van der Waals surface area (Å²) < 4.78 is 7.16. The second-order valence-electron chi connectivity index (χ2n) is 7.06. The number of rotatable bonds is 5. The number of nitrogens with zero attached hydrogens (tertiary/aromatic N) is 2. The lowest BCUT2D eigenvalue weighted by Gasteiger charge is -2.22. The van der Waals surface area contributed by atoms with Crippen molar-refractivity contribution in [2.75, 3.05) is 11.2 Å². The molecule has 1 amide bonds. The van der Waals surface area contributed by atoms with E-state index in [1.54, 1.807) is 20.8 Å². The first kappa shape index (κ1) is 21.0. The van der Waals surface area contributed by atoms with Crippen molar-refractivity contribution in [2.24, 2.45) is 13.0 Å². The van der Waals surface area contributed by atoms with Gasteiger partial charge in [-0.3, -0.25) is 24.0 Å². The van der Waals surface area contributed by atoms with Gasteiger partial charge in [-0.1, -0.05) is 13.8 Å². The van der Waals surface area contributed by atoms with Crippen LogP contribution in [0.15, 0.2) is 9.59 Å². The Morgan fingerprint density at radius 1 is 1.24 bits per heavy atom. The van der Waals surface area contributed by atoms with Gasteiger partial charge >= 0.3 is 11.8 Å². The number of hydrogen-bond donors (Lipinski definition) is 1. The highest BCUT2D eigenvalue weighted by Gasteiger charge is 2.26. The lowest BCUT2D eigenvalue weighted by Crippen LogP contribution is -2.44. The standard InChI is InChI=1S/C16H24ClN3O5/c1-9(2)8-20-12(18-14(23)25-16(3,4)5)11(10(21)7-17)13(22)19(6)15(20)24/h9H,7-8H2,1-6H3,(H,18,23). The van der Waals surface area contributed by atoms with Crippen molar-refractivity contribution < 1.29 is 14.3 Å². The van der Waals surface area contributed by atoms with Gasteiger partial charge in [-0.15, -0.1) is 11.6 Å². The maximum absolute atomic E-state index is 12.5. The summed E-state index contributed by atoms with van der Waals surface area (Å²) in [5.41, 5.74) is -2.59. The van der Waals surface area contributed by atoms with Crippen LogP contribution >= 0.6 is 11.6 Å². The Kier molecular flexibility index (Phi) is 6.59. The quantitative estimate of drug-likeness (QED) is 0.628. The summed E-state index contributed by atoms with van der Waals surface area (Å²) in [6.45, 7) is 8.92. The Bertz CT molecular complexity index is 787. The predicted octanol–water partition coefficient (Wildman–Crippen LogP) is 1.97. The topological polar surface area (TPSA) is 99.4 Å². The number of carbonyl (C=O) groups is 2. The Balaban J connectivity index is 3.64. The van der Waals surface area contributed by atoms with Crippen LogP contribution in [0.25, 0.3) is 0 Å². The van der Waals surface area contributed by atoms with Gasteiger partial charge in [0.25, 0.3) is 5.56 Å². The minimum absolute atomic E-state index is 0.0216. The van der Waals surface area contributed by atoms with Crippen molar-refractivity contribution in [1.82, 2.24) is 9.13 Å². The molecule has 0 atom stereocenters. The maximum atomic E-state index is 12.5. The van der Waals surface area contributed by atoms with Crippen LogP contribution < -0.4 is 16.6 Å². The second kappa shape index (κ2) is 7.86. The fraction of sp³-hybridized carbons (Fsp3) is 0.625. The number of Topliss-reactive ketones (excluding diaryl/α,β-unsaturated/α-hetero) is 1. The summed E-state index contributed by atoms with van der Waals surface area (Å²) in [7, 11) is 1.27. The predicted molar refractivity (Wildman–Crippen MR) is 95.7 cm³/mol. The van der Waals surface area contributed by atoms with E-state index in [1.807, 2.05) is 13.8 Å². The van der Waals surface area contributed by atoms with Gasteiger partial charge in [0.15, 0.2) is 5.78 Å². The molecule has 0 saturated carbocycles. The summed E-state index contributed by atoms with van der Waals surface area (Å²) in [6, 6.07) is 0. The number of anilines is 1. The van der Waals surface area contributed by atoms with Crippen molar-refractivity contribution in [3.8, 4) is 0 Å². The summed E-state index contributed by atoms with van der Waals surface area (Å²) in [5.74, 6) is -1.32. The molecule has 0 bridgehead atoms. The van der Waals surface area contributed by atoms with Crippen LogP contribution in [-0.2, 0) is 18.3 Å². The zero-order valence-electron chi connectivity index (χ0n) is 15.3. The summed E-state index contributed by atoms with van der Waals surface area (Å²) >= 11 is 5.59. The molecule has 0 aromatic carbocycles. The third-order valence-corrected chi connectivity index (χ3v) is 3.35. The zero-order valence-corrected chi connectivity index (χ0v) is 16.1. The second-order valence-corrected chi connectivity index (χ2v) is 7.33. The highest BCUT2D eigenvalue weighted by Crippen LogP contribution is 2.16. The molecule has 0 aliphatic carbocycles. The molecular formula is C16H24ClN3O5. The first-order valence-corrected chi connectivity index (χ1v) is 8.35. The van der Waals surface area contributed by atoms with E-state index in [0.717, 1.165) is 4.57 Å². The molecule has 25 heavy (non-hydrogen) atoms. The number of amides is 1. The van der Waals surface area contributed by atoms with Crippen molar-refractivity contribution >= 4 is 29.3 Å². The van der Waals surface area contributed by atoms with Crippen molar-refractivity contribution in [1.29, 1.82) is 0 Å². The van der Waals surface area contributed by atoms with E-state index >= 15 is 0 Å². The number of ketones is 1. The molecule has 140 valence electrons. The first-order chi connectivity index (χ1) is 11.4. The fourth-order valence-corrected chi connectivity index (χ4v) is 2.28. The van der Waals surface area contributed by atoms with Gasteiger partial charge in [0.2, 0.25) is 0 Å². The maximum Gasteiger partial charge on any atom is 0.413 e. The molecule has 0 saturated heterocycles. The normalized spacial score (nSPS) is 11.5. The van der Waals surface area contributed by atoms with Crippen LogP contribution in [0.1, 0.15) is 45.0 Å². The molecule has 1 heterocycles. The molecule has 0 radical (unpaired) electrons. The monoisotopic (exact) mass is 373 g/mol. The van der Waals surface area contributed by atoms with Crippen molar-refractivity contribution in [3.63, 3.8) is 0 Å². The number of nitrogens with one attached hydrogen (secondary N) is 1. The van der Waals surface area contributed by atoms with E-state index < -0.39 is 34.6 Å². The summed E-state index contributed by atoms with van der Waals surface area (Å²) in [5, 5.41) is 2.37. The van der Waals surface area contributed by atoms with Gasteiger partial charge in [-0.25, -0.2) is 9.59 Å². The van der Waals surface area contributed by atoms with Crippen LogP contribution in [0.2, 0.25) is 0 Å². The molecule has 1 rings (SSSR count). The van der Waals surface area contributed by atoms with Crippen LogP contribution in [0.4, 0.5) is 10.6 Å². The Morgan fingerprint density at radius 3 is 2.24 bits per heavy atom. The number of hydrogen-bond acceptors (Lipinski definition) is 5. The van der Waals surface area contributed by atoms with Crippen molar-refractivity contribution in [2.45, 2.75) is 46.8 Å². The molecule has 0 aliphatic heterocycles. The van der Waals surface area contributed by atoms with Gasteiger partial charge in [0, 0.05) is 13.6 Å². The largest absolute Gasteiger partial charge is 0.444 e. The molecule has 9 heteroatoms. The number of carbonyl (C=O) groups excluding carboxylic acids is 2. The van der Waals surface area contributed by atoms with Crippen molar-refractivity contribution in [3.05, 3.63) is 26.4 Å². The smallest absolute Gasteiger partial charge is 0.413 e. The fourth-order valence-electron chi connectivity index (χ4n) is 2.15. The van der Waals surface area contributed by atoms with E-state index in [0.29, 0.717) is 0 Å². The summed E-state index contributed by atoms with van der Waals surface area (Å²) in [4.78, 5) is 49.2. The van der Waals surface area contributed by atoms with Gasteiger partial charge < -0.3 is 4.74 Å². The average Bonchev–Trinajstić information content (AvgIpc) is 2.46. The Hall–Kier alpha value is -2.09. The van der Waals surface area contributed by atoms with Gasteiger partial charge in [-0.05, 0) is 26.7 Å². The summed E-state index contributed by atoms with van der Waals surface area (Å²) in [6.07, 6.45) is -0.874.